The van der Waals surface area contributed by atoms with Crippen LogP contribution in [0.4, 0.5) is 14.5 Å². The van der Waals surface area contributed by atoms with Gasteiger partial charge in [0.2, 0.25) is 5.91 Å². The van der Waals surface area contributed by atoms with E-state index < -0.39 is 6.61 Å². The van der Waals surface area contributed by atoms with Crippen molar-refractivity contribution in [3.63, 3.8) is 0 Å². The van der Waals surface area contributed by atoms with Crippen molar-refractivity contribution in [3.05, 3.63) is 53.6 Å². The minimum Gasteiger partial charge on any atom is -0.434 e. The molecule has 0 aliphatic carbocycles. The number of aliphatic imine (C=N–C) groups is 1. The van der Waals surface area contributed by atoms with E-state index in [9.17, 15) is 13.6 Å². The SMILES string of the molecule is O=C(Cn1cc(N2CC=C3N=CC=CN32)c(-c2cc(Cl)ccc2OC(F)F)n1)N1CCC(N2CCOCC2)CC1. The number of piperidine rings is 1. The number of alkyl halides is 2. The van der Waals surface area contributed by atoms with Crippen LogP contribution >= 0.6 is 11.6 Å². The molecule has 212 valence electrons. The molecule has 5 heterocycles. The second kappa shape index (κ2) is 11.6. The van der Waals surface area contributed by atoms with Crippen molar-refractivity contribution >= 4 is 29.4 Å². The van der Waals surface area contributed by atoms with Crippen molar-refractivity contribution in [2.24, 2.45) is 4.99 Å². The molecule has 0 N–H and O–H groups in total. The lowest BCUT2D eigenvalue weighted by atomic mass is 10.0. The van der Waals surface area contributed by atoms with E-state index in [4.69, 9.17) is 26.2 Å². The Kier molecular flexibility index (Phi) is 7.72. The van der Waals surface area contributed by atoms with Gasteiger partial charge < -0.3 is 14.4 Å². The summed E-state index contributed by atoms with van der Waals surface area (Å²) in [6.07, 6.45) is 10.9. The van der Waals surface area contributed by atoms with E-state index in [1.165, 1.54) is 12.1 Å². The molecule has 1 amide bonds. The molecule has 2 aromatic rings. The highest BCUT2D eigenvalue weighted by Crippen LogP contribution is 2.40. The standard InChI is InChI=1S/C27H30ClF2N7O3/c28-19-2-3-23(40-27(29)30)21(16-19)26-22(36-11-6-24-31-7-1-8-37(24)36)17-35(32-26)18-25(38)34-9-4-20(5-10-34)33-12-14-39-15-13-33/h1-3,6-8,16-17,20,27H,4-5,9-15,18H2. The first-order valence-corrected chi connectivity index (χ1v) is 13.7. The van der Waals surface area contributed by atoms with E-state index >= 15 is 0 Å². The Hall–Kier alpha value is -3.48. The average Bonchev–Trinajstić information content (AvgIpc) is 3.58. The number of benzene rings is 1. The third-order valence-electron chi connectivity index (χ3n) is 7.57. The number of ether oxygens (including phenoxy) is 2. The van der Waals surface area contributed by atoms with Crippen LogP contribution in [-0.2, 0) is 16.1 Å². The summed E-state index contributed by atoms with van der Waals surface area (Å²) in [6, 6.07) is 4.89. The molecular formula is C27H30ClF2N7O3. The van der Waals surface area contributed by atoms with E-state index in [1.54, 1.807) is 29.2 Å². The molecule has 2 saturated heterocycles. The molecule has 4 aliphatic heterocycles. The number of carbonyl (C=O) groups excluding carboxylic acids is 1. The van der Waals surface area contributed by atoms with Crippen molar-refractivity contribution in [1.29, 1.82) is 0 Å². The maximum absolute atomic E-state index is 13.3. The van der Waals surface area contributed by atoms with Crippen LogP contribution in [0.1, 0.15) is 12.8 Å². The third-order valence-corrected chi connectivity index (χ3v) is 7.81. The molecular weight excluding hydrogens is 544 g/mol. The Labute approximate surface area is 235 Å². The fraction of sp³-hybridized carbons (Fsp3) is 0.444. The summed E-state index contributed by atoms with van der Waals surface area (Å²) < 4.78 is 38.4. The number of carbonyl (C=O) groups is 1. The number of amides is 1. The zero-order valence-corrected chi connectivity index (χ0v) is 22.6. The summed E-state index contributed by atoms with van der Waals surface area (Å²) in [6.45, 7) is 2.21. The molecule has 2 fully saturated rings. The summed E-state index contributed by atoms with van der Waals surface area (Å²) in [5.41, 5.74) is 1.28. The molecule has 13 heteroatoms. The summed E-state index contributed by atoms with van der Waals surface area (Å²) >= 11 is 6.27. The molecule has 0 spiro atoms. The van der Waals surface area contributed by atoms with Crippen LogP contribution in [-0.4, -0.2) is 95.3 Å². The maximum atomic E-state index is 13.3. The molecule has 4 aliphatic rings. The zero-order chi connectivity index (χ0) is 27.6. The topological polar surface area (TPSA) is 78.7 Å². The molecule has 1 aromatic carbocycles. The molecule has 6 rings (SSSR count). The molecule has 0 saturated carbocycles. The van der Waals surface area contributed by atoms with Gasteiger partial charge in [0.15, 0.2) is 0 Å². The van der Waals surface area contributed by atoms with Crippen LogP contribution in [0.5, 0.6) is 5.75 Å². The number of nitrogens with zero attached hydrogens (tertiary/aromatic N) is 7. The lowest BCUT2D eigenvalue weighted by Gasteiger charge is -2.40. The van der Waals surface area contributed by atoms with Gasteiger partial charge in [0.1, 0.15) is 29.5 Å². The number of morpholine rings is 1. The Morgan fingerprint density at radius 1 is 1.18 bits per heavy atom. The first kappa shape index (κ1) is 26.7. The molecule has 0 atom stereocenters. The number of hydrazine groups is 1. The highest BCUT2D eigenvalue weighted by Gasteiger charge is 2.31. The van der Waals surface area contributed by atoms with Crippen LogP contribution in [0, 0.1) is 0 Å². The Morgan fingerprint density at radius 3 is 2.75 bits per heavy atom. The number of anilines is 1. The molecule has 40 heavy (non-hydrogen) atoms. The largest absolute Gasteiger partial charge is 0.434 e. The van der Waals surface area contributed by atoms with Gasteiger partial charge in [-0.2, -0.15) is 13.9 Å². The number of allylic oxidation sites excluding steroid dienone is 1. The second-order valence-corrected chi connectivity index (χ2v) is 10.4. The summed E-state index contributed by atoms with van der Waals surface area (Å²) in [7, 11) is 0. The monoisotopic (exact) mass is 573 g/mol. The predicted molar refractivity (Wildman–Crippen MR) is 146 cm³/mol. The second-order valence-electron chi connectivity index (χ2n) is 9.95. The summed E-state index contributed by atoms with van der Waals surface area (Å²) in [4.78, 5) is 22.1. The number of halogens is 3. The molecule has 0 radical (unpaired) electrons. The van der Waals surface area contributed by atoms with Gasteiger partial charge in [-0.15, -0.1) is 0 Å². The number of hydrogen-bond acceptors (Lipinski definition) is 8. The van der Waals surface area contributed by atoms with E-state index in [0.29, 0.717) is 47.6 Å². The van der Waals surface area contributed by atoms with E-state index in [-0.39, 0.29) is 18.2 Å². The van der Waals surface area contributed by atoms with E-state index in [1.807, 2.05) is 27.2 Å². The highest BCUT2D eigenvalue weighted by atomic mass is 35.5. The smallest absolute Gasteiger partial charge is 0.387 e. The van der Waals surface area contributed by atoms with Crippen molar-refractivity contribution in [2.75, 3.05) is 50.9 Å². The van der Waals surface area contributed by atoms with E-state index in [0.717, 1.165) is 45.0 Å². The van der Waals surface area contributed by atoms with Crippen molar-refractivity contribution in [3.8, 4) is 17.0 Å². The van der Waals surface area contributed by atoms with Gasteiger partial charge in [0.25, 0.3) is 0 Å². The van der Waals surface area contributed by atoms with Crippen LogP contribution < -0.4 is 9.75 Å². The van der Waals surface area contributed by atoms with Crippen LogP contribution in [0.3, 0.4) is 0 Å². The highest BCUT2D eigenvalue weighted by molar-refractivity contribution is 6.31. The zero-order valence-electron chi connectivity index (χ0n) is 21.8. The Balaban J connectivity index is 1.25. The fourth-order valence-corrected chi connectivity index (χ4v) is 5.79. The average molecular weight is 574 g/mol. The van der Waals surface area contributed by atoms with Gasteiger partial charge in [0.05, 0.1) is 26.0 Å². The fourth-order valence-electron chi connectivity index (χ4n) is 5.62. The third kappa shape index (κ3) is 5.56. The van der Waals surface area contributed by atoms with Gasteiger partial charge in [-0.25, -0.2) is 10.0 Å². The van der Waals surface area contributed by atoms with Crippen molar-refractivity contribution < 1.29 is 23.0 Å². The Morgan fingerprint density at radius 2 is 1.98 bits per heavy atom. The maximum Gasteiger partial charge on any atom is 0.387 e. The minimum atomic E-state index is -3.02. The van der Waals surface area contributed by atoms with Gasteiger partial charge in [-0.3, -0.25) is 19.4 Å². The summed E-state index contributed by atoms with van der Waals surface area (Å²) in [5, 5.41) is 8.81. The molecule has 0 unspecified atom stereocenters. The first-order chi connectivity index (χ1) is 19.5. The number of hydrogen-bond donors (Lipinski definition) is 0. The van der Waals surface area contributed by atoms with Crippen LogP contribution in [0.15, 0.2) is 53.6 Å². The minimum absolute atomic E-state index is 0.0168. The predicted octanol–water partition coefficient (Wildman–Crippen LogP) is 3.60. The molecule has 0 bridgehead atoms. The van der Waals surface area contributed by atoms with Gasteiger partial charge >= 0.3 is 6.61 Å². The molecule has 10 nitrogen and oxygen atoms in total. The number of aromatic nitrogens is 2. The molecule has 1 aromatic heterocycles. The van der Waals surface area contributed by atoms with E-state index in [2.05, 4.69) is 9.89 Å². The number of likely N-dealkylation sites (tertiary alicyclic amines) is 1. The number of fused-ring (bicyclic) bond motifs is 1. The van der Waals surface area contributed by atoms with Gasteiger partial charge in [0, 0.05) is 55.2 Å². The quantitative estimate of drug-likeness (QED) is 0.501. The van der Waals surface area contributed by atoms with Gasteiger partial charge in [-0.05, 0) is 43.2 Å². The first-order valence-electron chi connectivity index (χ1n) is 13.4. The van der Waals surface area contributed by atoms with Gasteiger partial charge in [-0.1, -0.05) is 11.6 Å². The van der Waals surface area contributed by atoms with Crippen LogP contribution in [0.25, 0.3) is 11.3 Å². The summed E-state index contributed by atoms with van der Waals surface area (Å²) in [5.74, 6) is 0.636. The van der Waals surface area contributed by atoms with Crippen molar-refractivity contribution in [1.82, 2.24) is 24.6 Å². The Bertz CT molecular complexity index is 1330. The lowest BCUT2D eigenvalue weighted by molar-refractivity contribution is -0.133. The lowest BCUT2D eigenvalue weighted by Crippen LogP contribution is -2.50. The normalized spacial score (nSPS) is 19.9. The van der Waals surface area contributed by atoms with Crippen LogP contribution in [0.2, 0.25) is 5.02 Å². The van der Waals surface area contributed by atoms with Crippen molar-refractivity contribution in [2.45, 2.75) is 32.0 Å². The number of rotatable bonds is 7.